The Labute approximate surface area is 148 Å². The Kier molecular flexibility index (Phi) is 4.88. The van der Waals surface area contributed by atoms with Crippen LogP contribution in [0.1, 0.15) is 12.0 Å². The van der Waals surface area contributed by atoms with Crippen molar-refractivity contribution in [1.82, 2.24) is 4.98 Å². The second-order valence-corrected chi connectivity index (χ2v) is 6.23. The van der Waals surface area contributed by atoms with Crippen LogP contribution in [0.15, 0.2) is 53.3 Å². The summed E-state index contributed by atoms with van der Waals surface area (Å²) in [5.41, 5.74) is 1.68. The Morgan fingerprint density at radius 1 is 1.08 bits per heavy atom. The van der Waals surface area contributed by atoms with Crippen LogP contribution in [0.2, 0.25) is 10.0 Å². The second-order valence-electron chi connectivity index (χ2n) is 5.38. The van der Waals surface area contributed by atoms with E-state index in [4.69, 9.17) is 23.2 Å². The van der Waals surface area contributed by atoms with Crippen molar-refractivity contribution in [3.05, 3.63) is 74.5 Å². The first-order valence-corrected chi connectivity index (χ1v) is 8.14. The minimum absolute atomic E-state index is 0.175. The standard InChI is InChI=1S/C18H14Cl2N2O2/c19-13-6-7-16(14(20)10-13)21-17(23)8-5-12-9-11-3-1-2-4-15(11)22-18(12)24/h1-4,6-7,9-10H,5,8H2,(H,21,23)(H,22,24). The van der Waals surface area contributed by atoms with Crippen LogP contribution in [0.5, 0.6) is 0 Å². The first kappa shape index (κ1) is 16.6. The van der Waals surface area contributed by atoms with Crippen LogP contribution >= 0.6 is 23.2 Å². The van der Waals surface area contributed by atoms with Gasteiger partial charge in [0, 0.05) is 22.5 Å². The number of anilines is 1. The van der Waals surface area contributed by atoms with Gasteiger partial charge >= 0.3 is 0 Å². The summed E-state index contributed by atoms with van der Waals surface area (Å²) in [6.07, 6.45) is 0.525. The van der Waals surface area contributed by atoms with E-state index in [0.29, 0.717) is 27.7 Å². The second kappa shape index (κ2) is 7.07. The molecule has 4 nitrogen and oxygen atoms in total. The minimum Gasteiger partial charge on any atom is -0.325 e. The van der Waals surface area contributed by atoms with Crippen LogP contribution in [0.4, 0.5) is 5.69 Å². The van der Waals surface area contributed by atoms with Gasteiger partial charge in [0.05, 0.1) is 10.7 Å². The molecule has 1 amide bonds. The van der Waals surface area contributed by atoms with Gasteiger partial charge in [-0.05, 0) is 42.1 Å². The van der Waals surface area contributed by atoms with E-state index in [9.17, 15) is 9.59 Å². The van der Waals surface area contributed by atoms with Gasteiger partial charge in [0.25, 0.3) is 5.56 Å². The SMILES string of the molecule is O=C(CCc1cc2ccccc2[nH]c1=O)Nc1ccc(Cl)cc1Cl. The van der Waals surface area contributed by atoms with Crippen molar-refractivity contribution < 1.29 is 4.79 Å². The fourth-order valence-electron chi connectivity index (χ4n) is 2.43. The number of benzene rings is 2. The summed E-state index contributed by atoms with van der Waals surface area (Å²) < 4.78 is 0. The molecule has 0 aliphatic heterocycles. The first-order valence-electron chi connectivity index (χ1n) is 7.39. The Balaban J connectivity index is 1.70. The highest BCUT2D eigenvalue weighted by molar-refractivity contribution is 6.36. The van der Waals surface area contributed by atoms with E-state index in [1.807, 2.05) is 30.3 Å². The van der Waals surface area contributed by atoms with Gasteiger partial charge < -0.3 is 10.3 Å². The number of carbonyl (C=O) groups excluding carboxylic acids is 1. The fraction of sp³-hybridized carbons (Fsp3) is 0.111. The number of carbonyl (C=O) groups is 1. The molecule has 2 N–H and O–H groups in total. The number of para-hydroxylation sites is 1. The van der Waals surface area contributed by atoms with Crippen LogP contribution in [0.25, 0.3) is 10.9 Å². The van der Waals surface area contributed by atoms with E-state index in [2.05, 4.69) is 10.3 Å². The molecule has 1 aromatic heterocycles. The molecule has 2 aromatic carbocycles. The third-order valence-corrected chi connectivity index (χ3v) is 4.20. The number of aromatic amines is 1. The molecule has 0 atom stereocenters. The lowest BCUT2D eigenvalue weighted by Gasteiger charge is -2.08. The molecule has 0 spiro atoms. The Morgan fingerprint density at radius 3 is 2.67 bits per heavy atom. The molecule has 0 saturated heterocycles. The van der Waals surface area contributed by atoms with Crippen molar-refractivity contribution in [1.29, 1.82) is 0 Å². The predicted molar refractivity (Wildman–Crippen MR) is 98.0 cm³/mol. The molecule has 0 fully saturated rings. The number of nitrogens with one attached hydrogen (secondary N) is 2. The maximum Gasteiger partial charge on any atom is 0.251 e. The summed E-state index contributed by atoms with van der Waals surface area (Å²) in [5, 5.41) is 4.54. The molecule has 0 aliphatic carbocycles. The largest absolute Gasteiger partial charge is 0.325 e. The zero-order chi connectivity index (χ0) is 17.1. The zero-order valence-electron chi connectivity index (χ0n) is 12.6. The Hall–Kier alpha value is -2.30. The molecule has 6 heteroatoms. The van der Waals surface area contributed by atoms with Crippen LogP contribution in [-0.2, 0) is 11.2 Å². The average molecular weight is 361 g/mol. The quantitative estimate of drug-likeness (QED) is 0.723. The van der Waals surface area contributed by atoms with Crippen LogP contribution in [0, 0.1) is 0 Å². The Bertz CT molecular complexity index is 967. The minimum atomic E-state index is -0.216. The van der Waals surface area contributed by atoms with Crippen molar-refractivity contribution in [3.63, 3.8) is 0 Å². The molecule has 0 bridgehead atoms. The summed E-state index contributed by atoms with van der Waals surface area (Å²) in [6, 6.07) is 14.2. The molecule has 3 aromatic rings. The van der Waals surface area contributed by atoms with Gasteiger partial charge in [-0.3, -0.25) is 9.59 Å². The van der Waals surface area contributed by atoms with Crippen LogP contribution < -0.4 is 10.9 Å². The normalized spacial score (nSPS) is 10.8. The third kappa shape index (κ3) is 3.78. The predicted octanol–water partition coefficient (Wildman–Crippen LogP) is 4.41. The monoisotopic (exact) mass is 360 g/mol. The highest BCUT2D eigenvalue weighted by atomic mass is 35.5. The molecule has 3 rings (SSSR count). The summed E-state index contributed by atoms with van der Waals surface area (Å²) in [5.74, 6) is -0.216. The Morgan fingerprint density at radius 2 is 1.88 bits per heavy atom. The maximum atomic E-state index is 12.1. The van der Waals surface area contributed by atoms with Crippen LogP contribution in [0.3, 0.4) is 0 Å². The van der Waals surface area contributed by atoms with E-state index < -0.39 is 0 Å². The average Bonchev–Trinajstić information content (AvgIpc) is 2.55. The van der Waals surface area contributed by atoms with E-state index in [-0.39, 0.29) is 17.9 Å². The van der Waals surface area contributed by atoms with Crippen molar-refractivity contribution >= 4 is 45.7 Å². The number of rotatable bonds is 4. The van der Waals surface area contributed by atoms with Gasteiger partial charge in [0.2, 0.25) is 5.91 Å². The third-order valence-electron chi connectivity index (χ3n) is 3.66. The lowest BCUT2D eigenvalue weighted by Crippen LogP contribution is -2.17. The number of hydrogen-bond acceptors (Lipinski definition) is 2. The number of halogens is 2. The first-order chi connectivity index (χ1) is 11.5. The molecular formula is C18H14Cl2N2O2. The molecular weight excluding hydrogens is 347 g/mol. The van der Waals surface area contributed by atoms with Gasteiger partial charge in [-0.15, -0.1) is 0 Å². The lowest BCUT2D eigenvalue weighted by molar-refractivity contribution is -0.116. The number of hydrogen-bond donors (Lipinski definition) is 2. The number of fused-ring (bicyclic) bond motifs is 1. The number of aromatic nitrogens is 1. The highest BCUT2D eigenvalue weighted by Crippen LogP contribution is 2.25. The summed E-state index contributed by atoms with van der Waals surface area (Å²) in [4.78, 5) is 27.0. The summed E-state index contributed by atoms with van der Waals surface area (Å²) in [7, 11) is 0. The van der Waals surface area contributed by atoms with Gasteiger partial charge in [0.1, 0.15) is 0 Å². The van der Waals surface area contributed by atoms with Gasteiger partial charge in [-0.2, -0.15) is 0 Å². The number of amides is 1. The summed E-state index contributed by atoms with van der Waals surface area (Å²) >= 11 is 11.9. The smallest absolute Gasteiger partial charge is 0.251 e. The number of aryl methyl sites for hydroxylation is 1. The zero-order valence-corrected chi connectivity index (χ0v) is 14.1. The van der Waals surface area contributed by atoms with Crippen molar-refractivity contribution in [2.45, 2.75) is 12.8 Å². The topological polar surface area (TPSA) is 62.0 Å². The number of pyridine rings is 1. The fourth-order valence-corrected chi connectivity index (χ4v) is 2.89. The van der Waals surface area contributed by atoms with Crippen molar-refractivity contribution in [3.8, 4) is 0 Å². The highest BCUT2D eigenvalue weighted by Gasteiger charge is 2.09. The molecule has 0 saturated carbocycles. The van der Waals surface area contributed by atoms with E-state index >= 15 is 0 Å². The van der Waals surface area contributed by atoms with Crippen molar-refractivity contribution in [2.75, 3.05) is 5.32 Å². The molecule has 0 aliphatic rings. The van der Waals surface area contributed by atoms with E-state index in [1.54, 1.807) is 18.2 Å². The lowest BCUT2D eigenvalue weighted by atomic mass is 10.1. The van der Waals surface area contributed by atoms with E-state index in [1.165, 1.54) is 0 Å². The molecule has 1 heterocycles. The van der Waals surface area contributed by atoms with Gasteiger partial charge in [-0.25, -0.2) is 0 Å². The van der Waals surface area contributed by atoms with Crippen molar-refractivity contribution in [2.24, 2.45) is 0 Å². The van der Waals surface area contributed by atoms with Gasteiger partial charge in [0.15, 0.2) is 0 Å². The number of H-pyrrole nitrogens is 1. The molecule has 0 radical (unpaired) electrons. The summed E-state index contributed by atoms with van der Waals surface area (Å²) in [6.45, 7) is 0. The van der Waals surface area contributed by atoms with Crippen LogP contribution in [-0.4, -0.2) is 10.9 Å². The van der Waals surface area contributed by atoms with Gasteiger partial charge in [-0.1, -0.05) is 41.4 Å². The molecule has 0 unspecified atom stereocenters. The molecule has 122 valence electrons. The van der Waals surface area contributed by atoms with E-state index in [0.717, 1.165) is 10.9 Å². The molecule has 24 heavy (non-hydrogen) atoms. The maximum absolute atomic E-state index is 12.1.